The fourth-order valence-electron chi connectivity index (χ4n) is 4.04. The molecule has 4 rings (SSSR count). The molecule has 0 bridgehead atoms. The summed E-state index contributed by atoms with van der Waals surface area (Å²) in [5, 5.41) is 15.0. The van der Waals surface area contributed by atoms with E-state index in [0.29, 0.717) is 12.2 Å². The average molecular weight is 433 g/mol. The molecular weight excluding hydrogens is 401 g/mol. The van der Waals surface area contributed by atoms with Crippen LogP contribution in [-0.2, 0) is 15.7 Å². The maximum absolute atomic E-state index is 10.9. The van der Waals surface area contributed by atoms with E-state index in [-0.39, 0.29) is 11.2 Å². The van der Waals surface area contributed by atoms with Crippen molar-refractivity contribution in [2.75, 3.05) is 0 Å². The van der Waals surface area contributed by atoms with Gasteiger partial charge in [-0.3, -0.25) is 0 Å². The Bertz CT molecular complexity index is 1030. The second-order valence-electron chi connectivity index (χ2n) is 9.61. The van der Waals surface area contributed by atoms with Crippen LogP contribution in [0.5, 0.6) is 0 Å². The quantitative estimate of drug-likeness (QED) is 0.531. The van der Waals surface area contributed by atoms with Crippen molar-refractivity contribution in [1.82, 2.24) is 5.16 Å². The zero-order valence-corrected chi connectivity index (χ0v) is 19.6. The number of rotatable bonds is 7. The van der Waals surface area contributed by atoms with Crippen molar-refractivity contribution in [2.45, 2.75) is 71.2 Å². The van der Waals surface area contributed by atoms with Gasteiger partial charge in [-0.05, 0) is 64.9 Å². The Morgan fingerprint density at radius 1 is 0.938 bits per heavy atom. The standard InChI is InChI=1S/C26H32BNO4/c1-18-23(22(29)13-9-12-19-10-7-6-8-11-19)24(30-28-18)20-14-16-21(17-15-20)27-31-25(2,3)26(4,5)32-27/h6-8,10-11,14-17,22,29H,9,12-13H2,1-5H3. The van der Waals surface area contributed by atoms with Crippen LogP contribution < -0.4 is 5.46 Å². The number of hydrogen-bond donors (Lipinski definition) is 1. The first-order valence-electron chi connectivity index (χ1n) is 11.3. The van der Waals surface area contributed by atoms with Gasteiger partial charge in [0.05, 0.1) is 28.6 Å². The molecule has 168 valence electrons. The van der Waals surface area contributed by atoms with Crippen LogP contribution in [0.3, 0.4) is 0 Å². The molecule has 1 atom stereocenters. The summed E-state index contributed by atoms with van der Waals surface area (Å²) in [4.78, 5) is 0. The van der Waals surface area contributed by atoms with Gasteiger partial charge in [-0.25, -0.2) is 0 Å². The maximum atomic E-state index is 10.9. The first-order valence-corrected chi connectivity index (χ1v) is 11.3. The average Bonchev–Trinajstić information content (AvgIpc) is 3.24. The highest BCUT2D eigenvalue weighted by Gasteiger charge is 2.51. The minimum Gasteiger partial charge on any atom is -0.399 e. The highest BCUT2D eigenvalue weighted by molar-refractivity contribution is 6.62. The molecule has 0 saturated carbocycles. The smallest absolute Gasteiger partial charge is 0.399 e. The van der Waals surface area contributed by atoms with Crippen LogP contribution in [0.2, 0.25) is 0 Å². The van der Waals surface area contributed by atoms with Crippen LogP contribution in [0.15, 0.2) is 59.1 Å². The summed E-state index contributed by atoms with van der Waals surface area (Å²) in [5.41, 5.74) is 3.84. The lowest BCUT2D eigenvalue weighted by Gasteiger charge is -2.32. The van der Waals surface area contributed by atoms with Gasteiger partial charge in [-0.15, -0.1) is 0 Å². The van der Waals surface area contributed by atoms with E-state index in [2.05, 4.69) is 17.3 Å². The van der Waals surface area contributed by atoms with E-state index in [0.717, 1.165) is 35.1 Å². The molecule has 0 amide bonds. The Labute approximate surface area is 190 Å². The Balaban J connectivity index is 1.47. The number of nitrogens with zero attached hydrogens (tertiary/aromatic N) is 1. The third-order valence-electron chi connectivity index (χ3n) is 6.73. The second kappa shape index (κ2) is 8.85. The highest BCUT2D eigenvalue weighted by Crippen LogP contribution is 2.37. The lowest BCUT2D eigenvalue weighted by Crippen LogP contribution is -2.41. The molecule has 3 aromatic rings. The molecule has 1 saturated heterocycles. The molecule has 1 unspecified atom stereocenters. The lowest BCUT2D eigenvalue weighted by molar-refractivity contribution is 0.00578. The van der Waals surface area contributed by atoms with Crippen LogP contribution in [-0.4, -0.2) is 28.6 Å². The van der Waals surface area contributed by atoms with E-state index in [1.165, 1.54) is 5.56 Å². The zero-order valence-electron chi connectivity index (χ0n) is 19.6. The van der Waals surface area contributed by atoms with Crippen molar-refractivity contribution in [3.63, 3.8) is 0 Å². The van der Waals surface area contributed by atoms with Crippen LogP contribution in [0.4, 0.5) is 0 Å². The Kier molecular flexibility index (Phi) is 6.30. The molecule has 0 aliphatic carbocycles. The number of hydrogen-bond acceptors (Lipinski definition) is 5. The molecule has 1 aliphatic heterocycles. The van der Waals surface area contributed by atoms with Gasteiger partial charge in [-0.2, -0.15) is 0 Å². The van der Waals surface area contributed by atoms with Crippen LogP contribution in [0.25, 0.3) is 11.3 Å². The van der Waals surface area contributed by atoms with E-state index < -0.39 is 13.2 Å². The van der Waals surface area contributed by atoms with Crippen molar-refractivity contribution in [3.8, 4) is 11.3 Å². The van der Waals surface area contributed by atoms with Gasteiger partial charge in [0, 0.05) is 5.56 Å². The van der Waals surface area contributed by atoms with Crippen molar-refractivity contribution < 1.29 is 18.9 Å². The van der Waals surface area contributed by atoms with Gasteiger partial charge in [-0.1, -0.05) is 59.8 Å². The first kappa shape index (κ1) is 22.8. The van der Waals surface area contributed by atoms with Crippen molar-refractivity contribution in [3.05, 3.63) is 71.4 Å². The van der Waals surface area contributed by atoms with E-state index in [1.54, 1.807) is 0 Å². The predicted octanol–water partition coefficient (Wildman–Crippen LogP) is 5.01. The molecule has 0 radical (unpaired) electrons. The third-order valence-corrected chi connectivity index (χ3v) is 6.73. The largest absolute Gasteiger partial charge is 0.494 e. The number of aromatic nitrogens is 1. The molecule has 6 heteroatoms. The summed E-state index contributed by atoms with van der Waals surface area (Å²) < 4.78 is 17.9. The summed E-state index contributed by atoms with van der Waals surface area (Å²) in [6, 6.07) is 18.3. The molecular formula is C26H32BNO4. The number of aryl methyl sites for hydroxylation is 2. The molecule has 1 aromatic heterocycles. The van der Waals surface area contributed by atoms with Gasteiger partial charge >= 0.3 is 7.12 Å². The molecule has 2 heterocycles. The molecule has 0 spiro atoms. The molecule has 5 nitrogen and oxygen atoms in total. The highest BCUT2D eigenvalue weighted by atomic mass is 16.7. The van der Waals surface area contributed by atoms with Gasteiger partial charge in [0.2, 0.25) is 0 Å². The van der Waals surface area contributed by atoms with Crippen molar-refractivity contribution in [2.24, 2.45) is 0 Å². The topological polar surface area (TPSA) is 64.7 Å². The summed E-state index contributed by atoms with van der Waals surface area (Å²) in [7, 11) is -0.409. The van der Waals surface area contributed by atoms with Gasteiger partial charge in [0.1, 0.15) is 0 Å². The Morgan fingerprint density at radius 3 is 2.19 bits per heavy atom. The minimum absolute atomic E-state index is 0.380. The van der Waals surface area contributed by atoms with Gasteiger partial charge in [0.25, 0.3) is 0 Å². The third kappa shape index (κ3) is 4.54. The fourth-order valence-corrected chi connectivity index (χ4v) is 4.04. The maximum Gasteiger partial charge on any atom is 0.494 e. The van der Waals surface area contributed by atoms with Gasteiger partial charge < -0.3 is 18.9 Å². The van der Waals surface area contributed by atoms with Crippen molar-refractivity contribution >= 4 is 12.6 Å². The van der Waals surface area contributed by atoms with Gasteiger partial charge in [0.15, 0.2) is 5.76 Å². The zero-order chi connectivity index (χ0) is 22.9. The normalized spacial score (nSPS) is 18.1. The second-order valence-corrected chi connectivity index (χ2v) is 9.61. The van der Waals surface area contributed by atoms with Crippen LogP contribution >= 0.6 is 0 Å². The first-order chi connectivity index (χ1) is 15.2. The Morgan fingerprint density at radius 2 is 1.56 bits per heavy atom. The van der Waals surface area contributed by atoms with Crippen LogP contribution in [0, 0.1) is 6.92 Å². The van der Waals surface area contributed by atoms with Crippen molar-refractivity contribution in [1.29, 1.82) is 0 Å². The number of benzene rings is 2. The van der Waals surface area contributed by atoms with E-state index in [1.807, 2.05) is 77.1 Å². The minimum atomic E-state index is -0.622. The molecule has 1 N–H and O–H groups in total. The summed E-state index contributed by atoms with van der Waals surface area (Å²) in [6.07, 6.45) is 1.84. The molecule has 1 fully saturated rings. The number of aliphatic hydroxyl groups excluding tert-OH is 1. The molecule has 2 aromatic carbocycles. The Hall–Kier alpha value is -2.41. The predicted molar refractivity (Wildman–Crippen MR) is 127 cm³/mol. The molecule has 32 heavy (non-hydrogen) atoms. The monoisotopic (exact) mass is 433 g/mol. The van der Waals surface area contributed by atoms with Crippen LogP contribution in [0.1, 0.15) is 63.5 Å². The SMILES string of the molecule is Cc1noc(-c2ccc(B3OC(C)(C)C(C)(C)O3)cc2)c1C(O)CCCc1ccccc1. The van der Waals surface area contributed by atoms with E-state index >= 15 is 0 Å². The lowest BCUT2D eigenvalue weighted by atomic mass is 9.78. The molecule has 1 aliphatic rings. The fraction of sp³-hybridized carbons (Fsp3) is 0.423. The summed E-state index contributed by atoms with van der Waals surface area (Å²) >= 11 is 0. The number of aliphatic hydroxyl groups is 1. The van der Waals surface area contributed by atoms with E-state index in [4.69, 9.17) is 13.8 Å². The summed E-state index contributed by atoms with van der Waals surface area (Å²) in [5.74, 6) is 0.621. The van der Waals surface area contributed by atoms with E-state index in [9.17, 15) is 5.11 Å². The summed E-state index contributed by atoms with van der Waals surface area (Å²) in [6.45, 7) is 10.1.